The molecule has 1 N–H and O–H groups in total. The molecule has 28 heavy (non-hydrogen) atoms. The van der Waals surface area contributed by atoms with Gasteiger partial charge < -0.3 is 0 Å². The Balaban J connectivity index is 1.77. The maximum absolute atomic E-state index is 12.5. The van der Waals surface area contributed by atoms with Crippen molar-refractivity contribution in [2.24, 2.45) is 0 Å². The van der Waals surface area contributed by atoms with Crippen molar-refractivity contribution in [2.45, 2.75) is 6.92 Å². The molecule has 1 heterocycles. The van der Waals surface area contributed by atoms with Crippen molar-refractivity contribution in [3.8, 4) is 10.6 Å². The first-order valence-electron chi connectivity index (χ1n) is 8.16. The minimum absolute atomic E-state index is 0.296. The van der Waals surface area contributed by atoms with Crippen molar-refractivity contribution in [1.29, 1.82) is 0 Å². The number of anilines is 2. The minimum Gasteiger partial charge on any atom is -0.299 e. The average Bonchev–Trinajstić information content (AvgIpc) is 3.08. The van der Waals surface area contributed by atoms with Crippen LogP contribution in [0.25, 0.3) is 10.6 Å². The number of amides is 1. The van der Waals surface area contributed by atoms with E-state index in [1.807, 2.05) is 30.3 Å². The minimum atomic E-state index is -3.68. The fourth-order valence-corrected chi connectivity index (χ4v) is 4.45. The molecule has 0 saturated carbocycles. The Bertz CT molecular complexity index is 1100. The summed E-state index contributed by atoms with van der Waals surface area (Å²) < 4.78 is 25.5. The van der Waals surface area contributed by atoms with Gasteiger partial charge in [-0.3, -0.25) is 14.4 Å². The zero-order valence-electron chi connectivity index (χ0n) is 15.1. The molecule has 0 fully saturated rings. The monoisotopic (exact) mass is 436 g/mol. The van der Waals surface area contributed by atoms with Gasteiger partial charge in [0.25, 0.3) is 0 Å². The van der Waals surface area contributed by atoms with Gasteiger partial charge in [0.2, 0.25) is 21.1 Å². The Morgan fingerprint density at radius 1 is 1.18 bits per heavy atom. The van der Waals surface area contributed by atoms with Gasteiger partial charge in [-0.2, -0.15) is 0 Å². The number of aryl methyl sites for hydroxylation is 1. The highest BCUT2D eigenvalue weighted by atomic mass is 35.5. The SMILES string of the molecule is Cc1cc(Cl)ccc1N(CC(=O)Nc1nnc(-c2ccccc2)s1)S(C)(=O)=O. The lowest BCUT2D eigenvalue weighted by molar-refractivity contribution is -0.114. The van der Waals surface area contributed by atoms with E-state index in [1.165, 1.54) is 11.3 Å². The Hall–Kier alpha value is -2.49. The van der Waals surface area contributed by atoms with Gasteiger partial charge >= 0.3 is 0 Å². The van der Waals surface area contributed by atoms with E-state index in [1.54, 1.807) is 25.1 Å². The topological polar surface area (TPSA) is 92.3 Å². The highest BCUT2D eigenvalue weighted by molar-refractivity contribution is 7.92. The number of sulfonamides is 1. The average molecular weight is 437 g/mol. The standard InChI is InChI=1S/C18H17ClN4O3S2/c1-12-10-14(19)8-9-15(12)23(28(2,25)26)11-16(24)20-18-22-21-17(27-18)13-6-4-3-5-7-13/h3-10H,11H2,1-2H3,(H,20,22,24). The summed E-state index contributed by atoms with van der Waals surface area (Å²) in [6.07, 6.45) is 1.05. The molecular weight excluding hydrogens is 420 g/mol. The third-order valence-corrected chi connectivity index (χ3v) is 6.06. The molecule has 0 spiro atoms. The third-order valence-electron chi connectivity index (χ3n) is 3.81. The first-order valence-corrected chi connectivity index (χ1v) is 11.2. The van der Waals surface area contributed by atoms with Crippen LogP contribution in [0, 0.1) is 6.92 Å². The summed E-state index contributed by atoms with van der Waals surface area (Å²) in [6.45, 7) is 1.34. The van der Waals surface area contributed by atoms with Crippen LogP contribution in [0.15, 0.2) is 48.5 Å². The summed E-state index contributed by atoms with van der Waals surface area (Å²) in [5.74, 6) is -0.518. The van der Waals surface area contributed by atoms with Crippen molar-refractivity contribution in [2.75, 3.05) is 22.4 Å². The molecule has 0 aliphatic carbocycles. The number of nitrogens with zero attached hydrogens (tertiary/aromatic N) is 3. The van der Waals surface area contributed by atoms with Crippen molar-refractivity contribution in [3.63, 3.8) is 0 Å². The zero-order valence-corrected chi connectivity index (χ0v) is 17.5. The van der Waals surface area contributed by atoms with E-state index >= 15 is 0 Å². The number of carbonyl (C=O) groups is 1. The van der Waals surface area contributed by atoms with Gasteiger partial charge in [-0.1, -0.05) is 53.3 Å². The second-order valence-electron chi connectivity index (χ2n) is 6.03. The fraction of sp³-hybridized carbons (Fsp3) is 0.167. The van der Waals surface area contributed by atoms with Crippen molar-refractivity contribution in [3.05, 3.63) is 59.1 Å². The first kappa shape index (κ1) is 20.2. The molecule has 0 saturated heterocycles. The lowest BCUT2D eigenvalue weighted by atomic mass is 10.2. The molecule has 0 unspecified atom stereocenters. The number of nitrogens with one attached hydrogen (secondary N) is 1. The molecule has 0 bridgehead atoms. The maximum Gasteiger partial charge on any atom is 0.246 e. The molecule has 146 valence electrons. The van der Waals surface area contributed by atoms with E-state index in [-0.39, 0.29) is 6.54 Å². The Morgan fingerprint density at radius 3 is 2.54 bits per heavy atom. The summed E-state index contributed by atoms with van der Waals surface area (Å²) in [4.78, 5) is 12.5. The van der Waals surface area contributed by atoms with Crippen molar-refractivity contribution < 1.29 is 13.2 Å². The van der Waals surface area contributed by atoms with Gasteiger partial charge in [0.15, 0.2) is 0 Å². The van der Waals surface area contributed by atoms with Crippen LogP contribution in [0.5, 0.6) is 0 Å². The molecule has 0 radical (unpaired) electrons. The Labute approximate surface area is 172 Å². The number of aromatic nitrogens is 2. The van der Waals surface area contributed by atoms with Crippen LogP contribution in [-0.2, 0) is 14.8 Å². The summed E-state index contributed by atoms with van der Waals surface area (Å²) in [6, 6.07) is 14.2. The molecule has 7 nitrogen and oxygen atoms in total. The van der Waals surface area contributed by atoms with Crippen LogP contribution in [0.2, 0.25) is 5.02 Å². The second-order valence-corrected chi connectivity index (χ2v) is 9.35. The van der Waals surface area contributed by atoms with Crippen LogP contribution in [0.4, 0.5) is 10.8 Å². The van der Waals surface area contributed by atoms with E-state index in [0.717, 1.165) is 16.1 Å². The first-order chi connectivity index (χ1) is 13.2. The zero-order chi connectivity index (χ0) is 20.3. The molecule has 3 rings (SSSR count). The number of carbonyl (C=O) groups excluding carboxylic acids is 1. The summed E-state index contributed by atoms with van der Waals surface area (Å²) in [5.41, 5.74) is 1.92. The predicted molar refractivity (Wildman–Crippen MR) is 112 cm³/mol. The molecule has 2 aromatic carbocycles. The smallest absolute Gasteiger partial charge is 0.246 e. The third kappa shape index (κ3) is 4.86. The molecule has 0 atom stereocenters. The molecule has 10 heteroatoms. The normalized spacial score (nSPS) is 11.2. The van der Waals surface area contributed by atoms with Gasteiger partial charge in [0.05, 0.1) is 11.9 Å². The lowest BCUT2D eigenvalue weighted by Crippen LogP contribution is -2.37. The number of rotatable bonds is 6. The second kappa shape index (κ2) is 8.26. The quantitative estimate of drug-likeness (QED) is 0.637. The van der Waals surface area contributed by atoms with Crippen molar-refractivity contribution in [1.82, 2.24) is 10.2 Å². The molecule has 1 aromatic heterocycles. The molecule has 3 aromatic rings. The number of halogens is 1. The summed E-state index contributed by atoms with van der Waals surface area (Å²) in [7, 11) is -3.68. The maximum atomic E-state index is 12.5. The fourth-order valence-electron chi connectivity index (χ4n) is 2.54. The van der Waals surface area contributed by atoms with Gasteiger partial charge in [-0.05, 0) is 30.7 Å². The van der Waals surface area contributed by atoms with Gasteiger partial charge in [0.1, 0.15) is 11.6 Å². The molecular formula is C18H17ClN4O3S2. The van der Waals surface area contributed by atoms with E-state index in [2.05, 4.69) is 15.5 Å². The molecule has 0 aliphatic rings. The largest absolute Gasteiger partial charge is 0.299 e. The van der Waals surface area contributed by atoms with Crippen LogP contribution in [0.3, 0.4) is 0 Å². The number of benzene rings is 2. The van der Waals surface area contributed by atoms with Crippen LogP contribution in [0.1, 0.15) is 5.56 Å². The number of hydrogen-bond acceptors (Lipinski definition) is 6. The Morgan fingerprint density at radius 2 is 1.89 bits per heavy atom. The highest BCUT2D eigenvalue weighted by Gasteiger charge is 2.23. The van der Waals surface area contributed by atoms with E-state index in [4.69, 9.17) is 11.6 Å². The van der Waals surface area contributed by atoms with Crippen LogP contribution in [-0.4, -0.2) is 37.3 Å². The van der Waals surface area contributed by atoms with Crippen molar-refractivity contribution >= 4 is 49.7 Å². The number of hydrogen-bond donors (Lipinski definition) is 1. The molecule has 1 amide bonds. The van der Waals surface area contributed by atoms with E-state index in [0.29, 0.717) is 26.4 Å². The van der Waals surface area contributed by atoms with Gasteiger partial charge in [-0.25, -0.2) is 8.42 Å². The molecule has 0 aliphatic heterocycles. The Kier molecular flexibility index (Phi) is 5.97. The van der Waals surface area contributed by atoms with Gasteiger partial charge in [-0.15, -0.1) is 10.2 Å². The summed E-state index contributed by atoms with van der Waals surface area (Å²) in [5, 5.41) is 12.1. The van der Waals surface area contributed by atoms with E-state index < -0.39 is 15.9 Å². The van der Waals surface area contributed by atoms with Crippen LogP contribution < -0.4 is 9.62 Å². The van der Waals surface area contributed by atoms with Crippen LogP contribution >= 0.6 is 22.9 Å². The highest BCUT2D eigenvalue weighted by Crippen LogP contribution is 2.27. The predicted octanol–water partition coefficient (Wildman–Crippen LogP) is 3.57. The summed E-state index contributed by atoms with van der Waals surface area (Å²) >= 11 is 7.15. The van der Waals surface area contributed by atoms with E-state index in [9.17, 15) is 13.2 Å². The lowest BCUT2D eigenvalue weighted by Gasteiger charge is -2.23. The van der Waals surface area contributed by atoms with Gasteiger partial charge in [0, 0.05) is 10.6 Å².